The maximum atomic E-state index is 13.1. The van der Waals surface area contributed by atoms with Crippen LogP contribution >= 0.6 is 11.6 Å². The molecular formula is C17H22ClN3O4S. The minimum absolute atomic E-state index is 0.0899. The highest BCUT2D eigenvalue weighted by atomic mass is 35.5. The number of carbonyl (C=O) groups excluding carboxylic acids is 2. The monoisotopic (exact) mass is 399 g/mol. The number of rotatable bonds is 3. The summed E-state index contributed by atoms with van der Waals surface area (Å²) in [4.78, 5) is 27.1. The van der Waals surface area contributed by atoms with E-state index >= 15 is 0 Å². The number of nitrogens with one attached hydrogen (secondary N) is 1. The second kappa shape index (κ2) is 7.54. The second-order valence-electron chi connectivity index (χ2n) is 6.71. The Bertz CT molecular complexity index is 789. The molecule has 142 valence electrons. The first-order valence-corrected chi connectivity index (χ1v) is 10.8. The number of piperazine rings is 1. The Labute approximate surface area is 158 Å². The van der Waals surface area contributed by atoms with E-state index in [4.69, 9.17) is 11.6 Å². The van der Waals surface area contributed by atoms with E-state index in [-0.39, 0.29) is 17.7 Å². The highest BCUT2D eigenvalue weighted by Gasteiger charge is 2.38. The number of carbonyl (C=O) groups is 2. The molecule has 0 saturated carbocycles. The van der Waals surface area contributed by atoms with Crippen LogP contribution < -0.4 is 5.32 Å². The number of halogens is 1. The molecule has 0 aliphatic carbocycles. The van der Waals surface area contributed by atoms with Crippen LogP contribution in [0.4, 0.5) is 0 Å². The molecule has 1 aromatic carbocycles. The standard InChI is InChI=1S/C17H22ClN3O4S/c1-26(24,25)20-9-6-13(7-10-20)17(23)21-11-8-19-16(22)15(21)12-2-4-14(18)5-3-12/h2-5,13,15H,6-11H2,1H3,(H,19,22). The summed E-state index contributed by atoms with van der Waals surface area (Å²) in [5, 5.41) is 3.37. The Morgan fingerprint density at radius 3 is 2.35 bits per heavy atom. The molecule has 2 fully saturated rings. The molecule has 1 aromatic rings. The van der Waals surface area contributed by atoms with E-state index in [2.05, 4.69) is 5.32 Å². The lowest BCUT2D eigenvalue weighted by Gasteiger charge is -2.39. The molecule has 0 spiro atoms. The topological polar surface area (TPSA) is 86.8 Å². The van der Waals surface area contributed by atoms with Crippen molar-refractivity contribution >= 4 is 33.4 Å². The van der Waals surface area contributed by atoms with Gasteiger partial charge < -0.3 is 10.2 Å². The summed E-state index contributed by atoms with van der Waals surface area (Å²) in [6.45, 7) is 1.52. The van der Waals surface area contributed by atoms with Gasteiger partial charge in [-0.05, 0) is 30.5 Å². The van der Waals surface area contributed by atoms with Gasteiger partial charge in [-0.25, -0.2) is 12.7 Å². The van der Waals surface area contributed by atoms with Crippen molar-refractivity contribution in [2.75, 3.05) is 32.4 Å². The zero-order valence-electron chi connectivity index (χ0n) is 14.5. The van der Waals surface area contributed by atoms with Gasteiger partial charge >= 0.3 is 0 Å². The van der Waals surface area contributed by atoms with E-state index in [9.17, 15) is 18.0 Å². The van der Waals surface area contributed by atoms with Gasteiger partial charge in [-0.2, -0.15) is 0 Å². The third-order valence-corrected chi connectivity index (χ3v) is 6.51. The van der Waals surface area contributed by atoms with Gasteiger partial charge in [0.25, 0.3) is 0 Å². The summed E-state index contributed by atoms with van der Waals surface area (Å²) in [5.74, 6) is -0.567. The molecule has 2 aliphatic rings. The van der Waals surface area contributed by atoms with Crippen molar-refractivity contribution in [2.45, 2.75) is 18.9 Å². The minimum Gasteiger partial charge on any atom is -0.352 e. The lowest BCUT2D eigenvalue weighted by Crippen LogP contribution is -2.54. The zero-order valence-corrected chi connectivity index (χ0v) is 16.1. The van der Waals surface area contributed by atoms with Crippen molar-refractivity contribution in [3.8, 4) is 0 Å². The Balaban J connectivity index is 1.76. The maximum absolute atomic E-state index is 13.1. The molecule has 1 atom stereocenters. The maximum Gasteiger partial charge on any atom is 0.247 e. The first-order valence-electron chi connectivity index (χ1n) is 8.56. The van der Waals surface area contributed by atoms with Crippen LogP contribution in [0.5, 0.6) is 0 Å². The summed E-state index contributed by atoms with van der Waals surface area (Å²) in [5.41, 5.74) is 0.716. The number of amides is 2. The Morgan fingerprint density at radius 2 is 1.77 bits per heavy atom. The zero-order chi connectivity index (χ0) is 18.9. The van der Waals surface area contributed by atoms with E-state index in [1.165, 1.54) is 10.6 Å². The smallest absolute Gasteiger partial charge is 0.247 e. The number of benzene rings is 1. The van der Waals surface area contributed by atoms with Crippen molar-refractivity contribution in [3.05, 3.63) is 34.9 Å². The van der Waals surface area contributed by atoms with Crippen molar-refractivity contribution < 1.29 is 18.0 Å². The van der Waals surface area contributed by atoms with Crippen LogP contribution in [0.15, 0.2) is 24.3 Å². The van der Waals surface area contributed by atoms with E-state index in [0.717, 1.165) is 0 Å². The third-order valence-electron chi connectivity index (χ3n) is 4.95. The summed E-state index contributed by atoms with van der Waals surface area (Å²) in [6, 6.07) is 6.23. The van der Waals surface area contributed by atoms with Crippen molar-refractivity contribution in [1.82, 2.24) is 14.5 Å². The van der Waals surface area contributed by atoms with Crippen LogP contribution in [0.1, 0.15) is 24.4 Å². The van der Waals surface area contributed by atoms with Crippen molar-refractivity contribution in [3.63, 3.8) is 0 Å². The number of hydrogen-bond donors (Lipinski definition) is 1. The van der Waals surface area contributed by atoms with Crippen LogP contribution in [0, 0.1) is 5.92 Å². The fourth-order valence-corrected chi connectivity index (χ4v) is 4.55. The molecule has 2 saturated heterocycles. The summed E-state index contributed by atoms with van der Waals surface area (Å²) < 4.78 is 24.7. The molecule has 1 unspecified atom stereocenters. The average molecular weight is 400 g/mol. The van der Waals surface area contributed by atoms with Crippen LogP contribution in [0.3, 0.4) is 0 Å². The largest absolute Gasteiger partial charge is 0.352 e. The van der Waals surface area contributed by atoms with Gasteiger partial charge in [-0.3, -0.25) is 9.59 Å². The van der Waals surface area contributed by atoms with Gasteiger partial charge in [0.2, 0.25) is 21.8 Å². The Hall–Kier alpha value is -1.64. The molecular weight excluding hydrogens is 378 g/mol. The molecule has 2 aliphatic heterocycles. The highest BCUT2D eigenvalue weighted by molar-refractivity contribution is 7.88. The summed E-state index contributed by atoms with van der Waals surface area (Å²) in [6.07, 6.45) is 2.12. The van der Waals surface area contributed by atoms with Crippen LogP contribution in [0.25, 0.3) is 0 Å². The predicted octanol–water partition coefficient (Wildman–Crippen LogP) is 1.01. The molecule has 0 aromatic heterocycles. The highest BCUT2D eigenvalue weighted by Crippen LogP contribution is 2.29. The minimum atomic E-state index is -3.23. The first-order chi connectivity index (χ1) is 12.3. The predicted molar refractivity (Wildman–Crippen MR) is 98.1 cm³/mol. The number of hydrogen-bond acceptors (Lipinski definition) is 4. The van der Waals surface area contributed by atoms with Crippen molar-refractivity contribution in [2.24, 2.45) is 5.92 Å². The molecule has 0 bridgehead atoms. The van der Waals surface area contributed by atoms with E-state index in [0.29, 0.717) is 49.6 Å². The van der Waals surface area contributed by atoms with Gasteiger partial charge in [0, 0.05) is 37.1 Å². The van der Waals surface area contributed by atoms with E-state index in [1.807, 2.05) is 0 Å². The molecule has 3 rings (SSSR count). The Kier molecular flexibility index (Phi) is 5.55. The lowest BCUT2D eigenvalue weighted by atomic mass is 9.93. The third kappa shape index (κ3) is 4.02. The fraction of sp³-hybridized carbons (Fsp3) is 0.529. The molecule has 7 nitrogen and oxygen atoms in total. The van der Waals surface area contributed by atoms with Gasteiger partial charge in [0.15, 0.2) is 0 Å². The molecule has 1 N–H and O–H groups in total. The van der Waals surface area contributed by atoms with Crippen LogP contribution in [-0.4, -0.2) is 61.9 Å². The molecule has 0 radical (unpaired) electrons. The summed E-state index contributed by atoms with van der Waals surface area (Å²) >= 11 is 5.92. The Morgan fingerprint density at radius 1 is 1.15 bits per heavy atom. The normalized spacial score (nSPS) is 22.9. The number of piperidine rings is 1. The van der Waals surface area contributed by atoms with E-state index < -0.39 is 16.1 Å². The number of sulfonamides is 1. The van der Waals surface area contributed by atoms with Gasteiger partial charge in [-0.1, -0.05) is 23.7 Å². The number of nitrogens with zero attached hydrogens (tertiary/aromatic N) is 2. The molecule has 9 heteroatoms. The van der Waals surface area contributed by atoms with Gasteiger partial charge in [0.1, 0.15) is 6.04 Å². The van der Waals surface area contributed by atoms with Gasteiger partial charge in [-0.15, -0.1) is 0 Å². The molecule has 2 amide bonds. The molecule has 26 heavy (non-hydrogen) atoms. The lowest BCUT2D eigenvalue weighted by molar-refractivity contribution is -0.147. The quantitative estimate of drug-likeness (QED) is 0.821. The van der Waals surface area contributed by atoms with Crippen LogP contribution in [0.2, 0.25) is 5.02 Å². The molecule has 2 heterocycles. The SMILES string of the molecule is CS(=O)(=O)N1CCC(C(=O)N2CCNC(=O)C2c2ccc(Cl)cc2)CC1. The fourth-order valence-electron chi connectivity index (χ4n) is 3.55. The average Bonchev–Trinajstić information content (AvgIpc) is 2.61. The van der Waals surface area contributed by atoms with E-state index in [1.54, 1.807) is 29.2 Å². The second-order valence-corrected chi connectivity index (χ2v) is 9.13. The van der Waals surface area contributed by atoms with Crippen molar-refractivity contribution in [1.29, 1.82) is 0 Å². The van der Waals surface area contributed by atoms with Gasteiger partial charge in [0.05, 0.1) is 6.26 Å². The van der Waals surface area contributed by atoms with Crippen LogP contribution in [-0.2, 0) is 19.6 Å². The summed E-state index contributed by atoms with van der Waals surface area (Å²) in [7, 11) is -3.23. The first kappa shape index (κ1) is 19.1.